The Kier molecular flexibility index (Phi) is 5.86. The average molecular weight is 446 g/mol. The Morgan fingerprint density at radius 1 is 1.25 bits per heavy atom. The summed E-state index contributed by atoms with van der Waals surface area (Å²) in [5.74, 6) is -0.220. The van der Waals surface area contributed by atoms with Crippen molar-refractivity contribution in [3.8, 4) is 11.4 Å². The predicted molar refractivity (Wildman–Crippen MR) is 110 cm³/mol. The molecule has 0 unspecified atom stereocenters. The van der Waals surface area contributed by atoms with Gasteiger partial charge in [0.05, 0.1) is 23.1 Å². The third kappa shape index (κ3) is 4.59. The number of hydrogen-bond donors (Lipinski definition) is 3. The molecule has 32 heavy (non-hydrogen) atoms. The van der Waals surface area contributed by atoms with Crippen LogP contribution in [0.5, 0.6) is 0 Å². The normalized spacial score (nSPS) is 12.8. The minimum Gasteiger partial charge on any atom is -0.382 e. The first-order valence-electron chi connectivity index (χ1n) is 9.56. The van der Waals surface area contributed by atoms with Crippen LogP contribution in [0.2, 0.25) is 0 Å². The third-order valence-corrected chi connectivity index (χ3v) is 4.66. The number of hydrogen-bond acceptors (Lipinski definition) is 6. The largest absolute Gasteiger partial charge is 0.405 e. The van der Waals surface area contributed by atoms with E-state index in [-0.39, 0.29) is 12.4 Å². The molecule has 1 aromatic carbocycles. The molecule has 0 aliphatic rings. The van der Waals surface area contributed by atoms with Crippen molar-refractivity contribution in [1.82, 2.24) is 25.3 Å². The number of fused-ring (bicyclic) bond motifs is 2. The van der Waals surface area contributed by atoms with Crippen molar-refractivity contribution in [2.24, 2.45) is 0 Å². The molecule has 0 bridgehead atoms. The number of ether oxygens (including phenoxy) is 1. The zero-order chi connectivity index (χ0) is 22.7. The van der Waals surface area contributed by atoms with Crippen molar-refractivity contribution in [1.29, 1.82) is 0 Å². The molecule has 0 aliphatic heterocycles. The molecule has 4 rings (SSSR count). The van der Waals surface area contributed by atoms with Gasteiger partial charge in [0.25, 0.3) is 12.0 Å². The summed E-state index contributed by atoms with van der Waals surface area (Å²) in [6.45, 7) is -1.61. The quantitative estimate of drug-likeness (QED) is 0.400. The van der Waals surface area contributed by atoms with Crippen LogP contribution in [0.15, 0.2) is 43.0 Å². The number of carbonyl (C=O) groups is 1. The Bertz CT molecular complexity index is 1260. The van der Waals surface area contributed by atoms with Gasteiger partial charge < -0.3 is 20.4 Å². The van der Waals surface area contributed by atoms with E-state index < -0.39 is 24.7 Å². The number of para-hydroxylation sites is 1. The van der Waals surface area contributed by atoms with Crippen LogP contribution in [0.4, 0.5) is 19.0 Å². The summed E-state index contributed by atoms with van der Waals surface area (Å²) in [5.41, 5.74) is 1.89. The van der Waals surface area contributed by atoms with Crippen LogP contribution < -0.4 is 15.6 Å². The van der Waals surface area contributed by atoms with Crippen LogP contribution in [0.1, 0.15) is 0 Å². The fourth-order valence-electron chi connectivity index (χ4n) is 3.22. The second-order valence-electron chi connectivity index (χ2n) is 6.93. The minimum atomic E-state index is -4.53. The van der Waals surface area contributed by atoms with Crippen LogP contribution in [-0.4, -0.2) is 58.3 Å². The molecule has 0 spiro atoms. The van der Waals surface area contributed by atoms with Crippen molar-refractivity contribution in [3.63, 3.8) is 0 Å². The van der Waals surface area contributed by atoms with Gasteiger partial charge in [-0.05, 0) is 17.1 Å². The number of benzene rings is 1. The summed E-state index contributed by atoms with van der Waals surface area (Å²) in [4.78, 5) is 31.7. The van der Waals surface area contributed by atoms with E-state index in [4.69, 9.17) is 4.74 Å². The van der Waals surface area contributed by atoms with Gasteiger partial charge in [-0.3, -0.25) is 4.79 Å². The van der Waals surface area contributed by atoms with Crippen LogP contribution in [0.25, 0.3) is 33.3 Å². The van der Waals surface area contributed by atoms with Gasteiger partial charge >= 0.3 is 6.18 Å². The highest BCUT2D eigenvalue weighted by Crippen LogP contribution is 2.29. The molecule has 0 saturated carbocycles. The molecular formula is C20H19F3N7O2+. The average Bonchev–Trinajstić information content (AvgIpc) is 3.21. The zero-order valence-corrected chi connectivity index (χ0v) is 16.8. The lowest BCUT2D eigenvalue weighted by atomic mass is 10.2. The van der Waals surface area contributed by atoms with E-state index in [2.05, 4.69) is 30.2 Å². The summed E-state index contributed by atoms with van der Waals surface area (Å²) < 4.78 is 42.7. The number of aromatic amines is 2. The van der Waals surface area contributed by atoms with E-state index in [0.29, 0.717) is 27.9 Å². The summed E-state index contributed by atoms with van der Waals surface area (Å²) in [6.07, 6.45) is 0.467. The first kappa shape index (κ1) is 21.4. The Hall–Kier alpha value is -3.80. The van der Waals surface area contributed by atoms with Crippen molar-refractivity contribution in [2.75, 3.05) is 25.6 Å². The Balaban J connectivity index is 1.73. The Labute approximate surface area is 179 Å². The maximum absolute atomic E-state index is 12.5. The highest BCUT2D eigenvalue weighted by molar-refractivity contribution is 5.96. The molecule has 9 nitrogen and oxygen atoms in total. The number of nitrogens with one attached hydrogen (secondary N) is 4. The van der Waals surface area contributed by atoms with Crippen LogP contribution in [0, 0.1) is 0 Å². The summed E-state index contributed by atoms with van der Waals surface area (Å²) >= 11 is 0. The van der Waals surface area contributed by atoms with Crippen molar-refractivity contribution < 1.29 is 27.7 Å². The SMILES string of the molecule is COC[C@H](Nc1nc(-c2c[nH]c3nc[nH+]cc23)nc2ccccc12)C(=O)NCC(F)(F)F. The maximum Gasteiger partial charge on any atom is 0.405 e. The molecule has 166 valence electrons. The number of nitrogens with zero attached hydrogens (tertiary/aromatic N) is 3. The van der Waals surface area contributed by atoms with Crippen molar-refractivity contribution >= 4 is 33.7 Å². The molecule has 4 N–H and O–H groups in total. The van der Waals surface area contributed by atoms with E-state index in [1.165, 1.54) is 13.4 Å². The lowest BCUT2D eigenvalue weighted by Crippen LogP contribution is -2.45. The van der Waals surface area contributed by atoms with Gasteiger partial charge in [-0.2, -0.15) is 13.2 Å². The van der Waals surface area contributed by atoms with Crippen LogP contribution in [-0.2, 0) is 9.53 Å². The summed E-state index contributed by atoms with van der Waals surface area (Å²) in [7, 11) is 1.35. The molecule has 0 saturated heterocycles. The highest BCUT2D eigenvalue weighted by Gasteiger charge is 2.30. The van der Waals surface area contributed by atoms with Gasteiger partial charge in [0.1, 0.15) is 24.6 Å². The van der Waals surface area contributed by atoms with Gasteiger partial charge in [0, 0.05) is 18.7 Å². The maximum atomic E-state index is 12.5. The second kappa shape index (κ2) is 8.75. The van der Waals surface area contributed by atoms with E-state index in [1.54, 1.807) is 36.7 Å². The molecule has 3 aromatic heterocycles. The van der Waals surface area contributed by atoms with Gasteiger partial charge in [0.2, 0.25) is 5.91 Å². The van der Waals surface area contributed by atoms with E-state index in [0.717, 1.165) is 5.39 Å². The van der Waals surface area contributed by atoms with Gasteiger partial charge in [-0.25, -0.2) is 15.0 Å². The smallest absolute Gasteiger partial charge is 0.382 e. The lowest BCUT2D eigenvalue weighted by molar-refractivity contribution is -0.380. The predicted octanol–water partition coefficient (Wildman–Crippen LogP) is 2.09. The summed E-state index contributed by atoms with van der Waals surface area (Å²) in [5, 5.41) is 6.15. The first-order chi connectivity index (χ1) is 15.4. The molecule has 3 heterocycles. The first-order valence-corrected chi connectivity index (χ1v) is 9.56. The fraction of sp³-hybridized carbons (Fsp3) is 0.250. The molecule has 12 heteroatoms. The molecule has 1 amide bonds. The lowest BCUT2D eigenvalue weighted by Gasteiger charge is -2.20. The number of amides is 1. The van der Waals surface area contributed by atoms with E-state index >= 15 is 0 Å². The molecule has 0 radical (unpaired) electrons. The number of anilines is 1. The minimum absolute atomic E-state index is 0.163. The molecule has 4 aromatic rings. The van der Waals surface area contributed by atoms with Crippen LogP contribution >= 0.6 is 0 Å². The van der Waals surface area contributed by atoms with E-state index in [1.807, 2.05) is 5.32 Å². The monoisotopic (exact) mass is 446 g/mol. The molecular weight excluding hydrogens is 427 g/mol. The van der Waals surface area contributed by atoms with Gasteiger partial charge in [-0.15, -0.1) is 0 Å². The fourth-order valence-corrected chi connectivity index (χ4v) is 3.22. The highest BCUT2D eigenvalue weighted by atomic mass is 19.4. The van der Waals surface area contributed by atoms with Gasteiger partial charge in [-0.1, -0.05) is 12.1 Å². The Morgan fingerprint density at radius 3 is 2.84 bits per heavy atom. The van der Waals surface area contributed by atoms with Crippen molar-refractivity contribution in [3.05, 3.63) is 43.0 Å². The second-order valence-corrected chi connectivity index (χ2v) is 6.93. The van der Waals surface area contributed by atoms with Crippen molar-refractivity contribution in [2.45, 2.75) is 12.2 Å². The van der Waals surface area contributed by atoms with Crippen LogP contribution in [0.3, 0.4) is 0 Å². The van der Waals surface area contributed by atoms with Gasteiger partial charge in [0.15, 0.2) is 5.82 Å². The number of alkyl halides is 3. The number of aromatic nitrogens is 5. The number of carbonyl (C=O) groups excluding carboxylic acids is 1. The number of H-pyrrole nitrogens is 2. The third-order valence-electron chi connectivity index (χ3n) is 4.66. The zero-order valence-electron chi connectivity index (χ0n) is 16.8. The summed E-state index contributed by atoms with van der Waals surface area (Å²) in [6, 6.07) is 6.00. The number of methoxy groups -OCH3 is 1. The topological polar surface area (TPSA) is 119 Å². The Morgan fingerprint density at radius 2 is 2.06 bits per heavy atom. The molecule has 0 fully saturated rings. The number of halogens is 3. The molecule has 1 atom stereocenters. The standard InChI is InChI=1S/C20H18F3N7O2/c1-32-8-15(19(31)26-9-20(21,22)23)29-17-11-4-2-3-5-14(11)28-18(30-17)13-7-25-16-12(13)6-24-10-27-16/h2-7,10,15H,8-9H2,1H3,(H,26,31)(H,24,25,27)(H,28,29,30)/p+1/t15-/m0/s1. The van der Waals surface area contributed by atoms with E-state index in [9.17, 15) is 18.0 Å². The number of rotatable bonds is 7. The molecule has 0 aliphatic carbocycles.